The van der Waals surface area contributed by atoms with Gasteiger partial charge in [0.05, 0.1) is 28.4 Å². The van der Waals surface area contributed by atoms with E-state index in [0.717, 1.165) is 6.26 Å². The van der Waals surface area contributed by atoms with Crippen LogP contribution < -0.4 is 9.80 Å². The molecule has 1 atom stereocenters. The molecule has 0 aliphatic carbocycles. The van der Waals surface area contributed by atoms with Crippen LogP contribution in [0.5, 0.6) is 0 Å². The largest absolute Gasteiger partial charge is 0.446 e. The maximum Gasteiger partial charge on any atom is 0.414 e. The van der Waals surface area contributed by atoms with Crippen molar-refractivity contribution in [2.45, 2.75) is 44.7 Å². The molecule has 2 aromatic carbocycles. The zero-order valence-corrected chi connectivity index (χ0v) is 19.6. The average molecular weight is 465 g/mol. The number of halogens is 1. The average Bonchev–Trinajstić information content (AvgIpc) is 2.64. The van der Waals surface area contributed by atoms with Crippen LogP contribution in [0.4, 0.5) is 16.2 Å². The first-order valence-corrected chi connectivity index (χ1v) is 12.1. The Balaban J connectivity index is 2.17. The molecule has 2 aromatic rings. The van der Waals surface area contributed by atoms with Crippen LogP contribution in [0, 0.1) is 0 Å². The first kappa shape index (κ1) is 23.1. The molecular weight excluding hydrogens is 440 g/mol. The number of hydrogen-bond donors (Lipinski definition) is 0. The Labute approximate surface area is 187 Å². The second kappa shape index (κ2) is 8.51. The van der Waals surface area contributed by atoms with Gasteiger partial charge in [-0.2, -0.15) is 0 Å². The third-order valence-corrected chi connectivity index (χ3v) is 6.25. The van der Waals surface area contributed by atoms with Gasteiger partial charge in [0.25, 0.3) is 0 Å². The summed E-state index contributed by atoms with van der Waals surface area (Å²) in [5, 5.41) is 0.283. The Morgan fingerprint density at radius 1 is 1.10 bits per heavy atom. The number of carbonyl (C=O) groups excluding carboxylic acids is 2. The van der Waals surface area contributed by atoms with Gasteiger partial charge in [-0.05, 0) is 62.2 Å². The predicted molar refractivity (Wildman–Crippen MR) is 122 cm³/mol. The van der Waals surface area contributed by atoms with E-state index < -0.39 is 15.9 Å². The van der Waals surface area contributed by atoms with E-state index >= 15 is 0 Å². The second-order valence-corrected chi connectivity index (χ2v) is 10.4. The summed E-state index contributed by atoms with van der Waals surface area (Å²) in [4.78, 5) is 28.3. The van der Waals surface area contributed by atoms with Gasteiger partial charge in [-0.1, -0.05) is 17.7 Å². The van der Waals surface area contributed by atoms with Gasteiger partial charge in [0.2, 0.25) is 5.91 Å². The minimum absolute atomic E-state index is 0.0998. The van der Waals surface area contributed by atoms with Crippen LogP contribution in [0.2, 0.25) is 5.02 Å². The third-order valence-electron chi connectivity index (χ3n) is 4.94. The van der Waals surface area contributed by atoms with E-state index in [2.05, 4.69) is 0 Å². The minimum atomic E-state index is -3.46. The van der Waals surface area contributed by atoms with Crippen molar-refractivity contribution in [3.05, 3.63) is 41.4 Å². The Morgan fingerprint density at radius 3 is 2.35 bits per heavy atom. The number of fused-ring (bicyclic) bond motifs is 1. The van der Waals surface area contributed by atoms with Gasteiger partial charge in [0.15, 0.2) is 9.84 Å². The van der Waals surface area contributed by atoms with Crippen LogP contribution in [0.3, 0.4) is 0 Å². The van der Waals surface area contributed by atoms with E-state index in [1.165, 1.54) is 24.0 Å². The standard InChI is InChI=1S/C22H25ClN2O5S/c1-13(2)30-22(27)24-12-14(3)25(15(4)26)20-7-6-16(10-21(20)24)17-8-18(23)11-19(9-17)31(5,28)29/h6-11,13-14H,12H2,1-5H3/t14-/m0/s1. The monoisotopic (exact) mass is 464 g/mol. The Morgan fingerprint density at radius 2 is 1.77 bits per heavy atom. The normalized spacial score (nSPS) is 16.3. The van der Waals surface area contributed by atoms with Gasteiger partial charge in [0, 0.05) is 24.7 Å². The molecule has 0 unspecified atom stereocenters. The van der Waals surface area contributed by atoms with Gasteiger partial charge < -0.3 is 9.64 Å². The summed E-state index contributed by atoms with van der Waals surface area (Å²) in [6.07, 6.45) is 0.308. The fourth-order valence-electron chi connectivity index (χ4n) is 3.67. The van der Waals surface area contributed by atoms with Crippen molar-refractivity contribution in [3.8, 4) is 11.1 Å². The lowest BCUT2D eigenvalue weighted by Gasteiger charge is -2.40. The zero-order chi connectivity index (χ0) is 23.1. The van der Waals surface area contributed by atoms with E-state index in [4.69, 9.17) is 16.3 Å². The highest BCUT2D eigenvalue weighted by atomic mass is 35.5. The molecule has 0 spiro atoms. The van der Waals surface area contributed by atoms with Gasteiger partial charge in [-0.3, -0.25) is 9.69 Å². The molecule has 9 heteroatoms. The Hall–Kier alpha value is -2.58. The van der Waals surface area contributed by atoms with Crippen molar-refractivity contribution in [2.75, 3.05) is 22.6 Å². The summed E-state index contributed by atoms with van der Waals surface area (Å²) >= 11 is 6.17. The van der Waals surface area contributed by atoms with E-state index in [1.54, 1.807) is 43.0 Å². The van der Waals surface area contributed by atoms with Crippen molar-refractivity contribution in [2.24, 2.45) is 0 Å². The molecule has 0 radical (unpaired) electrons. The number of nitrogens with zero attached hydrogens (tertiary/aromatic N) is 2. The van der Waals surface area contributed by atoms with Crippen LogP contribution in [0.15, 0.2) is 41.3 Å². The number of hydrogen-bond acceptors (Lipinski definition) is 5. The lowest BCUT2D eigenvalue weighted by atomic mass is 10.0. The minimum Gasteiger partial charge on any atom is -0.446 e. The molecule has 3 rings (SSSR count). The molecule has 1 aliphatic rings. The van der Waals surface area contributed by atoms with Crippen LogP contribution in [-0.4, -0.2) is 45.4 Å². The number of rotatable bonds is 3. The van der Waals surface area contributed by atoms with Crippen molar-refractivity contribution >= 4 is 44.8 Å². The number of anilines is 2. The summed E-state index contributed by atoms with van der Waals surface area (Å²) in [5.41, 5.74) is 2.34. The topological polar surface area (TPSA) is 84.0 Å². The SMILES string of the molecule is CC(=O)N1c2ccc(-c3cc(Cl)cc(S(C)(=O)=O)c3)cc2N(C(=O)OC(C)C)C[C@@H]1C. The number of amides is 2. The highest BCUT2D eigenvalue weighted by Gasteiger charge is 2.34. The molecule has 0 saturated carbocycles. The van der Waals surface area contributed by atoms with Crippen molar-refractivity contribution in [1.29, 1.82) is 0 Å². The van der Waals surface area contributed by atoms with E-state index in [1.807, 2.05) is 6.92 Å². The van der Waals surface area contributed by atoms with Crippen LogP contribution in [-0.2, 0) is 19.4 Å². The quantitative estimate of drug-likeness (QED) is 0.666. The maximum absolute atomic E-state index is 12.8. The molecular formula is C22H25ClN2O5S. The van der Waals surface area contributed by atoms with Crippen LogP contribution in [0.25, 0.3) is 11.1 Å². The molecule has 0 bridgehead atoms. The molecule has 0 fully saturated rings. The first-order chi connectivity index (χ1) is 14.4. The highest BCUT2D eigenvalue weighted by molar-refractivity contribution is 7.90. The van der Waals surface area contributed by atoms with Crippen molar-refractivity contribution in [3.63, 3.8) is 0 Å². The van der Waals surface area contributed by atoms with E-state index in [-0.39, 0.29) is 34.5 Å². The summed E-state index contributed by atoms with van der Waals surface area (Å²) in [6.45, 7) is 7.15. The van der Waals surface area contributed by atoms with Crippen LogP contribution in [0.1, 0.15) is 27.7 Å². The summed E-state index contributed by atoms with van der Waals surface area (Å²) < 4.78 is 29.5. The lowest BCUT2D eigenvalue weighted by molar-refractivity contribution is -0.117. The number of sulfone groups is 1. The number of benzene rings is 2. The fourth-order valence-corrected chi connectivity index (χ4v) is 4.65. The van der Waals surface area contributed by atoms with Gasteiger partial charge in [0.1, 0.15) is 0 Å². The summed E-state index contributed by atoms with van der Waals surface area (Å²) in [6, 6.07) is 9.62. The first-order valence-electron chi connectivity index (χ1n) is 9.81. The number of carbonyl (C=O) groups is 2. The fraction of sp³-hybridized carbons (Fsp3) is 0.364. The van der Waals surface area contributed by atoms with Crippen LogP contribution >= 0.6 is 11.6 Å². The molecule has 7 nitrogen and oxygen atoms in total. The Bertz CT molecular complexity index is 1150. The summed E-state index contributed by atoms with van der Waals surface area (Å²) in [7, 11) is -3.46. The molecule has 0 aromatic heterocycles. The smallest absolute Gasteiger partial charge is 0.414 e. The zero-order valence-electron chi connectivity index (χ0n) is 18.0. The van der Waals surface area contributed by atoms with E-state index in [0.29, 0.717) is 22.5 Å². The Kier molecular flexibility index (Phi) is 6.34. The van der Waals surface area contributed by atoms with Crippen molar-refractivity contribution < 1.29 is 22.7 Å². The molecule has 166 valence electrons. The van der Waals surface area contributed by atoms with E-state index in [9.17, 15) is 18.0 Å². The molecule has 0 saturated heterocycles. The molecule has 2 amide bonds. The number of ether oxygens (including phenoxy) is 1. The van der Waals surface area contributed by atoms with Gasteiger partial charge >= 0.3 is 6.09 Å². The molecule has 31 heavy (non-hydrogen) atoms. The van der Waals surface area contributed by atoms with Crippen molar-refractivity contribution in [1.82, 2.24) is 0 Å². The highest BCUT2D eigenvalue weighted by Crippen LogP contribution is 2.40. The third kappa shape index (κ3) is 4.85. The second-order valence-electron chi connectivity index (χ2n) is 7.93. The van der Waals surface area contributed by atoms with Gasteiger partial charge in [-0.15, -0.1) is 0 Å². The summed E-state index contributed by atoms with van der Waals surface area (Å²) in [5.74, 6) is -0.138. The lowest BCUT2D eigenvalue weighted by Crippen LogP contribution is -2.51. The molecule has 0 N–H and O–H groups in total. The van der Waals surface area contributed by atoms with Gasteiger partial charge in [-0.25, -0.2) is 13.2 Å². The predicted octanol–water partition coefficient (Wildman–Crippen LogP) is 4.52. The molecule has 1 aliphatic heterocycles. The maximum atomic E-state index is 12.8. The molecule has 1 heterocycles.